The van der Waals surface area contributed by atoms with Gasteiger partial charge < -0.3 is 9.88 Å². The molecule has 0 aromatic carbocycles. The standard InChI is InChI=1S/C10H10ClN5S/c11-9-8(6-12)17-10(15-9)14-2-1-4-16-5-3-13-7-16/h3,5,7H,1-2,4H2,(H,14,15). The smallest absolute Gasteiger partial charge is 0.185 e. The first-order valence-corrected chi connectivity index (χ1v) is 6.25. The topological polar surface area (TPSA) is 66.5 Å². The van der Waals surface area contributed by atoms with E-state index in [0.717, 1.165) is 19.5 Å². The molecule has 0 fully saturated rings. The molecule has 0 amide bonds. The van der Waals surface area contributed by atoms with E-state index in [1.54, 1.807) is 12.5 Å². The highest BCUT2D eigenvalue weighted by atomic mass is 35.5. The first-order valence-electron chi connectivity index (χ1n) is 5.05. The van der Waals surface area contributed by atoms with Gasteiger partial charge in [-0.05, 0) is 6.42 Å². The molecule has 2 heterocycles. The summed E-state index contributed by atoms with van der Waals surface area (Å²) >= 11 is 7.04. The van der Waals surface area contributed by atoms with Crippen LogP contribution >= 0.6 is 22.9 Å². The minimum Gasteiger partial charge on any atom is -0.361 e. The van der Waals surface area contributed by atoms with Crippen LogP contribution in [0, 0.1) is 11.3 Å². The van der Waals surface area contributed by atoms with Crippen LogP contribution in [0.5, 0.6) is 0 Å². The van der Waals surface area contributed by atoms with Gasteiger partial charge in [0.2, 0.25) is 0 Å². The van der Waals surface area contributed by atoms with Crippen molar-refractivity contribution in [3.8, 4) is 6.07 Å². The number of nitriles is 1. The zero-order chi connectivity index (χ0) is 12.1. The van der Waals surface area contributed by atoms with Gasteiger partial charge in [-0.25, -0.2) is 9.97 Å². The van der Waals surface area contributed by atoms with Crippen molar-refractivity contribution in [1.82, 2.24) is 14.5 Å². The molecule has 2 aromatic rings. The van der Waals surface area contributed by atoms with Crippen molar-refractivity contribution in [3.63, 3.8) is 0 Å². The molecule has 2 rings (SSSR count). The van der Waals surface area contributed by atoms with E-state index in [2.05, 4.69) is 15.3 Å². The van der Waals surface area contributed by atoms with E-state index in [1.807, 2.05) is 16.8 Å². The molecular formula is C10H10ClN5S. The Morgan fingerprint density at radius 2 is 2.47 bits per heavy atom. The first-order chi connectivity index (χ1) is 8.29. The summed E-state index contributed by atoms with van der Waals surface area (Å²) < 4.78 is 2.01. The molecule has 88 valence electrons. The number of nitrogens with one attached hydrogen (secondary N) is 1. The van der Waals surface area contributed by atoms with Gasteiger partial charge in [0.05, 0.1) is 6.33 Å². The molecule has 0 atom stereocenters. The summed E-state index contributed by atoms with van der Waals surface area (Å²) in [5, 5.41) is 12.8. The number of imidazole rings is 1. The Morgan fingerprint density at radius 3 is 3.12 bits per heavy atom. The molecule has 2 aromatic heterocycles. The zero-order valence-electron chi connectivity index (χ0n) is 8.93. The van der Waals surface area contributed by atoms with Crippen molar-refractivity contribution in [2.24, 2.45) is 0 Å². The van der Waals surface area contributed by atoms with Gasteiger partial charge >= 0.3 is 0 Å². The maximum Gasteiger partial charge on any atom is 0.185 e. The van der Waals surface area contributed by atoms with Crippen molar-refractivity contribution >= 4 is 28.1 Å². The maximum absolute atomic E-state index is 8.73. The maximum atomic E-state index is 8.73. The SMILES string of the molecule is N#Cc1sc(NCCCn2ccnc2)nc1Cl. The summed E-state index contributed by atoms with van der Waals surface area (Å²) in [6.07, 6.45) is 6.42. The van der Waals surface area contributed by atoms with Crippen LogP contribution in [0.3, 0.4) is 0 Å². The van der Waals surface area contributed by atoms with Crippen LogP contribution in [0.25, 0.3) is 0 Å². The number of aromatic nitrogens is 3. The number of thiazole rings is 1. The van der Waals surface area contributed by atoms with Gasteiger partial charge in [-0.3, -0.25) is 0 Å². The van der Waals surface area contributed by atoms with Gasteiger partial charge in [0.15, 0.2) is 10.3 Å². The lowest BCUT2D eigenvalue weighted by Gasteiger charge is -2.02. The Kier molecular flexibility index (Phi) is 3.96. The Hall–Kier alpha value is -1.58. The van der Waals surface area contributed by atoms with E-state index < -0.39 is 0 Å². The number of nitrogens with zero attached hydrogens (tertiary/aromatic N) is 4. The van der Waals surface area contributed by atoms with Gasteiger partial charge in [0, 0.05) is 25.5 Å². The molecular weight excluding hydrogens is 258 g/mol. The van der Waals surface area contributed by atoms with Gasteiger partial charge in [-0.1, -0.05) is 22.9 Å². The van der Waals surface area contributed by atoms with Crippen molar-refractivity contribution in [1.29, 1.82) is 5.26 Å². The summed E-state index contributed by atoms with van der Waals surface area (Å²) in [6.45, 7) is 1.68. The Labute approximate surface area is 108 Å². The van der Waals surface area contributed by atoms with E-state index in [-0.39, 0.29) is 5.15 Å². The Morgan fingerprint density at radius 1 is 1.59 bits per heavy atom. The number of hydrogen-bond acceptors (Lipinski definition) is 5. The van der Waals surface area contributed by atoms with Crippen molar-refractivity contribution in [2.45, 2.75) is 13.0 Å². The average molecular weight is 268 g/mol. The van der Waals surface area contributed by atoms with Gasteiger partial charge in [-0.15, -0.1) is 0 Å². The summed E-state index contributed by atoms with van der Waals surface area (Å²) in [4.78, 5) is 8.46. The Bertz CT molecular complexity index is 513. The van der Waals surface area contributed by atoms with E-state index >= 15 is 0 Å². The third-order valence-electron chi connectivity index (χ3n) is 2.12. The molecule has 17 heavy (non-hydrogen) atoms. The third-order valence-corrected chi connectivity index (χ3v) is 3.42. The van der Waals surface area contributed by atoms with Crippen LogP contribution < -0.4 is 5.32 Å². The minimum atomic E-state index is 0.273. The molecule has 0 aliphatic carbocycles. The van der Waals surface area contributed by atoms with Crippen LogP contribution in [-0.2, 0) is 6.54 Å². The second-order valence-electron chi connectivity index (χ2n) is 3.33. The number of rotatable bonds is 5. The van der Waals surface area contributed by atoms with Gasteiger partial charge in [0.25, 0.3) is 0 Å². The Balaban J connectivity index is 1.76. The van der Waals surface area contributed by atoms with E-state index in [4.69, 9.17) is 16.9 Å². The second kappa shape index (κ2) is 5.66. The largest absolute Gasteiger partial charge is 0.361 e. The lowest BCUT2D eigenvalue weighted by molar-refractivity contribution is 0.660. The molecule has 7 heteroatoms. The quantitative estimate of drug-likeness (QED) is 0.845. The van der Waals surface area contributed by atoms with Crippen molar-refractivity contribution in [2.75, 3.05) is 11.9 Å². The molecule has 0 spiro atoms. The average Bonchev–Trinajstić information content (AvgIpc) is 2.94. The van der Waals surface area contributed by atoms with Crippen LogP contribution in [0.4, 0.5) is 5.13 Å². The van der Waals surface area contributed by atoms with E-state index in [1.165, 1.54) is 11.3 Å². The molecule has 1 N–H and O–H groups in total. The highest BCUT2D eigenvalue weighted by molar-refractivity contribution is 7.16. The van der Waals surface area contributed by atoms with E-state index in [0.29, 0.717) is 10.0 Å². The van der Waals surface area contributed by atoms with Gasteiger partial charge in [0.1, 0.15) is 10.9 Å². The summed E-state index contributed by atoms with van der Waals surface area (Å²) in [5.74, 6) is 0. The molecule has 0 radical (unpaired) electrons. The minimum absolute atomic E-state index is 0.273. The third kappa shape index (κ3) is 3.19. The predicted molar refractivity (Wildman–Crippen MR) is 67.2 cm³/mol. The van der Waals surface area contributed by atoms with Crippen molar-refractivity contribution in [3.05, 3.63) is 28.8 Å². The summed E-state index contributed by atoms with van der Waals surface area (Å²) in [5.41, 5.74) is 0. The van der Waals surface area contributed by atoms with Crippen LogP contribution in [0.1, 0.15) is 11.3 Å². The molecule has 0 bridgehead atoms. The zero-order valence-corrected chi connectivity index (χ0v) is 10.5. The number of aryl methyl sites for hydroxylation is 1. The van der Waals surface area contributed by atoms with Crippen LogP contribution in [-0.4, -0.2) is 21.1 Å². The molecule has 5 nitrogen and oxygen atoms in total. The highest BCUT2D eigenvalue weighted by Gasteiger charge is 2.07. The van der Waals surface area contributed by atoms with Crippen molar-refractivity contribution < 1.29 is 0 Å². The van der Waals surface area contributed by atoms with Crippen LogP contribution in [0.2, 0.25) is 5.15 Å². The van der Waals surface area contributed by atoms with Crippen LogP contribution in [0.15, 0.2) is 18.7 Å². The fourth-order valence-corrected chi connectivity index (χ4v) is 2.29. The molecule has 0 aliphatic heterocycles. The highest BCUT2D eigenvalue weighted by Crippen LogP contribution is 2.25. The molecule has 0 aliphatic rings. The lowest BCUT2D eigenvalue weighted by atomic mass is 10.4. The number of anilines is 1. The molecule has 0 saturated heterocycles. The lowest BCUT2D eigenvalue weighted by Crippen LogP contribution is -2.05. The first kappa shape index (κ1) is 11.9. The van der Waals surface area contributed by atoms with E-state index in [9.17, 15) is 0 Å². The summed E-state index contributed by atoms with van der Waals surface area (Å²) in [6, 6.07) is 2.00. The van der Waals surface area contributed by atoms with Gasteiger partial charge in [-0.2, -0.15) is 5.26 Å². The molecule has 0 saturated carbocycles. The second-order valence-corrected chi connectivity index (χ2v) is 4.69. The predicted octanol–water partition coefficient (Wildman–Crippen LogP) is 2.37. The fraction of sp³-hybridized carbons (Fsp3) is 0.300. The number of hydrogen-bond donors (Lipinski definition) is 1. The summed E-state index contributed by atoms with van der Waals surface area (Å²) in [7, 11) is 0. The molecule has 0 unspecified atom stereocenters. The monoisotopic (exact) mass is 267 g/mol. The fourth-order valence-electron chi connectivity index (χ4n) is 1.32. The normalized spacial score (nSPS) is 10.1. The number of halogens is 1.